The molecule has 15 heteroatoms. The number of aromatic nitrogens is 4. The molecular formula is C35H42FN6O7P. The third kappa shape index (κ3) is 7.20. The van der Waals surface area contributed by atoms with Crippen LogP contribution in [0.15, 0.2) is 48.8 Å². The molecule has 0 unspecified atom stereocenters. The lowest BCUT2D eigenvalue weighted by Crippen LogP contribution is -2.42. The number of anilines is 1. The summed E-state index contributed by atoms with van der Waals surface area (Å²) >= 11 is 0. The average molecular weight is 709 g/mol. The molecule has 266 valence electrons. The molecule has 0 spiro atoms. The number of nitrogens with one attached hydrogen (secondary N) is 1. The highest BCUT2D eigenvalue weighted by molar-refractivity contribution is 7.52. The molecule has 50 heavy (non-hydrogen) atoms. The first-order valence-electron chi connectivity index (χ1n) is 16.4. The van der Waals surface area contributed by atoms with E-state index in [9.17, 15) is 14.5 Å². The Labute approximate surface area is 290 Å². The normalized spacial score (nSPS) is 24.1. The number of hydrogen-bond donors (Lipinski definition) is 2. The van der Waals surface area contributed by atoms with E-state index in [-0.39, 0.29) is 23.4 Å². The van der Waals surface area contributed by atoms with Crippen LogP contribution in [0.5, 0.6) is 5.75 Å². The third-order valence-corrected chi connectivity index (χ3v) is 10.2. The molecule has 1 saturated heterocycles. The minimum atomic E-state index is -4.46. The molecule has 13 nitrogen and oxygen atoms in total. The van der Waals surface area contributed by atoms with Crippen LogP contribution in [-0.4, -0.2) is 80.8 Å². The van der Waals surface area contributed by atoms with Crippen LogP contribution in [0.3, 0.4) is 0 Å². The predicted molar refractivity (Wildman–Crippen MR) is 185 cm³/mol. The molecule has 1 aliphatic heterocycles. The van der Waals surface area contributed by atoms with Gasteiger partial charge in [-0.3, -0.25) is 13.9 Å². The zero-order chi connectivity index (χ0) is 36.0. The van der Waals surface area contributed by atoms with Crippen molar-refractivity contribution >= 4 is 41.5 Å². The SMILES string of the molecule is C#C[C@@]1(F)[C@H](O)[C@@H](CO[P@@](=O)(N[C@H](C)C(=O)OCC(C)(C)C)Oc2cccc3ccccc23)O[C@H]1n1cnc2c(N(C)C3CC3)nc(C)nc21. The molecule has 3 heterocycles. The Hall–Kier alpha value is -4.12. The molecule has 2 aromatic carbocycles. The Morgan fingerprint density at radius 2 is 1.98 bits per heavy atom. The lowest BCUT2D eigenvalue weighted by molar-refractivity contribution is -0.148. The van der Waals surface area contributed by atoms with Crippen LogP contribution in [0.2, 0.25) is 0 Å². The molecule has 6 rings (SSSR count). The summed E-state index contributed by atoms with van der Waals surface area (Å²) in [5.41, 5.74) is -2.38. The van der Waals surface area contributed by atoms with Crippen LogP contribution in [0.25, 0.3) is 21.9 Å². The lowest BCUT2D eigenvalue weighted by atomic mass is 9.97. The second-order valence-electron chi connectivity index (χ2n) is 14.0. The number of benzene rings is 2. The molecule has 4 aromatic rings. The van der Waals surface area contributed by atoms with E-state index in [4.69, 9.17) is 24.9 Å². The van der Waals surface area contributed by atoms with Crippen molar-refractivity contribution in [1.29, 1.82) is 0 Å². The van der Waals surface area contributed by atoms with Crippen molar-refractivity contribution in [3.8, 4) is 18.1 Å². The van der Waals surface area contributed by atoms with Gasteiger partial charge in [0.1, 0.15) is 29.8 Å². The van der Waals surface area contributed by atoms with E-state index < -0.39 is 50.5 Å². The number of esters is 1. The zero-order valence-electron chi connectivity index (χ0n) is 28.9. The van der Waals surface area contributed by atoms with E-state index in [0.717, 1.165) is 18.2 Å². The van der Waals surface area contributed by atoms with Crippen LogP contribution < -0.4 is 14.5 Å². The summed E-state index contributed by atoms with van der Waals surface area (Å²) in [4.78, 5) is 28.5. The fourth-order valence-electron chi connectivity index (χ4n) is 5.74. The maximum atomic E-state index is 16.6. The molecular weight excluding hydrogens is 666 g/mol. The van der Waals surface area contributed by atoms with Gasteiger partial charge in [0.2, 0.25) is 5.67 Å². The van der Waals surface area contributed by atoms with Crippen molar-refractivity contribution < 1.29 is 37.4 Å². The lowest BCUT2D eigenvalue weighted by Gasteiger charge is -2.26. The van der Waals surface area contributed by atoms with Crippen molar-refractivity contribution in [2.75, 3.05) is 25.2 Å². The maximum Gasteiger partial charge on any atom is 0.459 e. The van der Waals surface area contributed by atoms with Gasteiger partial charge in [0.05, 0.1) is 19.5 Å². The van der Waals surface area contributed by atoms with Gasteiger partial charge in [-0.1, -0.05) is 63.1 Å². The highest BCUT2D eigenvalue weighted by Crippen LogP contribution is 2.49. The molecule has 0 amide bonds. The molecule has 2 fully saturated rings. The van der Waals surface area contributed by atoms with Gasteiger partial charge in [0, 0.05) is 18.5 Å². The van der Waals surface area contributed by atoms with Gasteiger partial charge in [-0.05, 0) is 43.6 Å². The number of ether oxygens (including phenoxy) is 2. The average Bonchev–Trinajstić information content (AvgIpc) is 3.80. The molecule has 6 atom stereocenters. The molecule has 0 radical (unpaired) electrons. The van der Waals surface area contributed by atoms with Crippen molar-refractivity contribution in [3.63, 3.8) is 0 Å². The van der Waals surface area contributed by atoms with Gasteiger partial charge in [-0.2, -0.15) is 5.09 Å². The van der Waals surface area contributed by atoms with E-state index in [0.29, 0.717) is 28.6 Å². The molecule has 2 aliphatic rings. The summed E-state index contributed by atoms with van der Waals surface area (Å²) in [6.45, 7) is 8.37. The quantitative estimate of drug-likeness (QED) is 0.112. The zero-order valence-corrected chi connectivity index (χ0v) is 29.8. The maximum absolute atomic E-state index is 16.6. The number of imidazole rings is 1. The van der Waals surface area contributed by atoms with E-state index in [1.165, 1.54) is 17.8 Å². The topological polar surface area (TPSA) is 150 Å². The van der Waals surface area contributed by atoms with Crippen LogP contribution in [-0.2, 0) is 23.4 Å². The highest BCUT2D eigenvalue weighted by Gasteiger charge is 2.58. The Morgan fingerprint density at radius 3 is 2.68 bits per heavy atom. The van der Waals surface area contributed by atoms with E-state index in [2.05, 4.69) is 26.0 Å². The Kier molecular flexibility index (Phi) is 9.67. The fourth-order valence-corrected chi connectivity index (χ4v) is 7.26. The summed E-state index contributed by atoms with van der Waals surface area (Å²) in [7, 11) is -2.54. The van der Waals surface area contributed by atoms with Gasteiger partial charge in [-0.15, -0.1) is 6.42 Å². The number of alkyl halides is 1. The molecule has 1 aliphatic carbocycles. The Morgan fingerprint density at radius 1 is 1.26 bits per heavy atom. The minimum Gasteiger partial charge on any atom is -0.464 e. The van der Waals surface area contributed by atoms with Crippen LogP contribution in [0, 0.1) is 24.7 Å². The first-order valence-corrected chi connectivity index (χ1v) is 18.0. The third-order valence-electron chi connectivity index (χ3n) is 8.59. The molecule has 2 N–H and O–H groups in total. The van der Waals surface area contributed by atoms with Crippen molar-refractivity contribution in [2.24, 2.45) is 5.41 Å². The fraction of sp³-hybridized carbons (Fsp3) is 0.486. The number of fused-ring (bicyclic) bond motifs is 2. The standard InChI is InChI=1S/C35H42FN6O7P/c1-8-35(36)29(43)27(48-33(35)42-20-37-28-30(41(7)24-16-17-24)38-22(3)39-31(28)42)18-47-50(45,40-21(2)32(44)46-19-34(4,5)6)49-26-15-11-13-23-12-9-10-14-25(23)26/h1,9-15,20-21,24,27,29,33,43H,16-19H2,2-7H3,(H,40,45)/t21-,27-,29-,33-,35-,50+/m1/s1. The van der Waals surface area contributed by atoms with E-state index in [1.807, 2.05) is 50.9 Å². The molecule has 1 saturated carbocycles. The largest absolute Gasteiger partial charge is 0.464 e. The number of aliphatic hydroxyl groups is 1. The summed E-state index contributed by atoms with van der Waals surface area (Å²) in [6, 6.07) is 11.6. The summed E-state index contributed by atoms with van der Waals surface area (Å²) in [5.74, 6) is 2.59. The Balaban J connectivity index is 1.27. The number of aryl methyl sites for hydroxylation is 1. The number of nitrogens with zero attached hydrogens (tertiary/aromatic N) is 5. The summed E-state index contributed by atoms with van der Waals surface area (Å²) < 4.78 is 55.7. The van der Waals surface area contributed by atoms with Gasteiger partial charge < -0.3 is 24.0 Å². The van der Waals surface area contributed by atoms with Gasteiger partial charge in [0.25, 0.3) is 0 Å². The number of carbonyl (C=O) groups excluding carboxylic acids is 1. The van der Waals surface area contributed by atoms with Gasteiger partial charge in [0.15, 0.2) is 23.2 Å². The number of halogens is 1. The van der Waals surface area contributed by atoms with Gasteiger partial charge in [-0.25, -0.2) is 23.9 Å². The second-order valence-corrected chi connectivity index (χ2v) is 15.7. The molecule has 2 aromatic heterocycles. The van der Waals surface area contributed by atoms with Crippen molar-refractivity contribution in [3.05, 3.63) is 54.6 Å². The van der Waals surface area contributed by atoms with Crippen LogP contribution in [0.4, 0.5) is 10.2 Å². The highest BCUT2D eigenvalue weighted by atomic mass is 31.2. The number of rotatable bonds is 12. The van der Waals surface area contributed by atoms with Crippen molar-refractivity contribution in [1.82, 2.24) is 24.6 Å². The smallest absolute Gasteiger partial charge is 0.459 e. The minimum absolute atomic E-state index is 0.118. The van der Waals surface area contributed by atoms with Crippen molar-refractivity contribution in [2.45, 2.75) is 83.6 Å². The number of hydrogen-bond acceptors (Lipinski definition) is 11. The summed E-state index contributed by atoms with van der Waals surface area (Å²) in [5, 5.41) is 15.3. The Bertz CT molecular complexity index is 1990. The monoisotopic (exact) mass is 708 g/mol. The van der Waals surface area contributed by atoms with E-state index >= 15 is 4.39 Å². The second kappa shape index (κ2) is 13.5. The van der Waals surface area contributed by atoms with Crippen LogP contribution in [0.1, 0.15) is 52.6 Å². The molecule has 0 bridgehead atoms. The first-order chi connectivity index (χ1) is 23.6. The number of terminal acetylenes is 1. The van der Waals surface area contributed by atoms with Gasteiger partial charge >= 0.3 is 13.7 Å². The van der Waals surface area contributed by atoms with Crippen LogP contribution >= 0.6 is 7.75 Å². The predicted octanol–water partition coefficient (Wildman–Crippen LogP) is 5.26. The van der Waals surface area contributed by atoms with E-state index in [1.54, 1.807) is 31.2 Å². The number of aliphatic hydroxyl groups excluding tert-OH is 1. The first kappa shape index (κ1) is 35.7. The summed E-state index contributed by atoms with van der Waals surface area (Å²) in [6.07, 6.45) is 4.14. The number of carbonyl (C=O) groups is 1.